The van der Waals surface area contributed by atoms with E-state index in [9.17, 15) is 14.0 Å². The normalized spacial score (nSPS) is 19.3. The van der Waals surface area contributed by atoms with Gasteiger partial charge in [0.1, 0.15) is 11.6 Å². The van der Waals surface area contributed by atoms with E-state index in [4.69, 9.17) is 4.74 Å². The molecule has 1 atom stereocenters. The van der Waals surface area contributed by atoms with Crippen LogP contribution in [0.3, 0.4) is 0 Å². The highest BCUT2D eigenvalue weighted by Crippen LogP contribution is 2.55. The highest BCUT2D eigenvalue weighted by atomic mass is 32.2. The summed E-state index contributed by atoms with van der Waals surface area (Å²) >= 11 is 1.39. The number of methoxy groups -OCH3 is 1. The molecule has 0 bridgehead atoms. The van der Waals surface area contributed by atoms with Crippen molar-refractivity contribution in [1.29, 1.82) is 0 Å². The van der Waals surface area contributed by atoms with Gasteiger partial charge in [-0.3, -0.25) is 9.59 Å². The fraction of sp³-hybridized carbons (Fsp3) is 0.231. The highest BCUT2D eigenvalue weighted by molar-refractivity contribution is 8.01. The molecule has 2 amide bonds. The summed E-state index contributed by atoms with van der Waals surface area (Å²) in [7, 11) is 1.56. The van der Waals surface area contributed by atoms with Gasteiger partial charge in [-0.05, 0) is 55.0 Å². The number of fused-ring (bicyclic) bond motifs is 2. The van der Waals surface area contributed by atoms with E-state index in [2.05, 4.69) is 0 Å². The first-order valence-electron chi connectivity index (χ1n) is 10.7. The lowest BCUT2D eigenvalue weighted by molar-refractivity contribution is -0.123. The van der Waals surface area contributed by atoms with Crippen molar-refractivity contribution in [2.75, 3.05) is 24.3 Å². The van der Waals surface area contributed by atoms with Crippen molar-refractivity contribution in [3.8, 4) is 5.75 Å². The van der Waals surface area contributed by atoms with Crippen molar-refractivity contribution < 1.29 is 18.7 Å². The summed E-state index contributed by atoms with van der Waals surface area (Å²) in [5.74, 6) is 0.327. The minimum atomic E-state index is -1.28. The van der Waals surface area contributed by atoms with Crippen LogP contribution in [0.2, 0.25) is 0 Å². The molecule has 1 saturated heterocycles. The molecule has 2 aliphatic rings. The second-order valence-electron chi connectivity index (χ2n) is 8.22. The first-order chi connectivity index (χ1) is 15.9. The SMILES string of the molecule is COc1ccc(C(=O)N2CCSC23C(=O)N(Cc2cccc(C)c2)c2ccc(F)cc23)cc1. The zero-order valence-electron chi connectivity index (χ0n) is 18.4. The average Bonchev–Trinajstić information content (AvgIpc) is 3.36. The van der Waals surface area contributed by atoms with Crippen molar-refractivity contribution in [3.63, 3.8) is 0 Å². The molecule has 0 aromatic heterocycles. The van der Waals surface area contributed by atoms with Gasteiger partial charge in [0.2, 0.25) is 0 Å². The molecule has 1 spiro atoms. The Morgan fingerprint density at radius 2 is 1.91 bits per heavy atom. The summed E-state index contributed by atoms with van der Waals surface area (Å²) in [5.41, 5.74) is 3.71. The van der Waals surface area contributed by atoms with Crippen molar-refractivity contribution in [3.05, 3.63) is 94.8 Å². The van der Waals surface area contributed by atoms with E-state index in [0.29, 0.717) is 41.4 Å². The van der Waals surface area contributed by atoms with E-state index in [0.717, 1.165) is 11.1 Å². The van der Waals surface area contributed by atoms with Crippen molar-refractivity contribution >= 4 is 29.3 Å². The maximum absolute atomic E-state index is 14.4. The van der Waals surface area contributed by atoms with E-state index in [-0.39, 0.29) is 11.8 Å². The molecule has 7 heteroatoms. The number of hydrogen-bond acceptors (Lipinski definition) is 4. The number of amides is 2. The Kier molecular flexibility index (Phi) is 5.37. The summed E-state index contributed by atoms with van der Waals surface area (Å²) in [5, 5.41) is 0. The van der Waals surface area contributed by atoms with E-state index in [1.807, 2.05) is 31.2 Å². The Hall–Kier alpha value is -3.32. The first-order valence-corrected chi connectivity index (χ1v) is 11.7. The predicted octanol–water partition coefficient (Wildman–Crippen LogP) is 4.73. The third kappa shape index (κ3) is 3.47. The highest BCUT2D eigenvalue weighted by Gasteiger charge is 2.59. The number of ether oxygens (including phenoxy) is 1. The number of nitrogens with zero attached hydrogens (tertiary/aromatic N) is 2. The molecule has 2 heterocycles. The molecule has 0 radical (unpaired) electrons. The largest absolute Gasteiger partial charge is 0.497 e. The predicted molar refractivity (Wildman–Crippen MR) is 127 cm³/mol. The lowest BCUT2D eigenvalue weighted by atomic mass is 10.0. The number of halogens is 1. The molecule has 2 aliphatic heterocycles. The molecule has 0 aliphatic carbocycles. The number of hydrogen-bond donors (Lipinski definition) is 0. The van der Waals surface area contributed by atoms with Gasteiger partial charge in [-0.1, -0.05) is 29.8 Å². The fourth-order valence-electron chi connectivity index (χ4n) is 4.63. The van der Waals surface area contributed by atoms with E-state index >= 15 is 0 Å². The molecular weight excluding hydrogens is 439 g/mol. The Bertz CT molecular complexity index is 1250. The molecule has 3 aromatic rings. The standard InChI is InChI=1S/C26H23FN2O3S/c1-17-4-3-5-18(14-17)16-28-23-11-8-20(27)15-22(23)26(25(28)31)29(12-13-33-26)24(30)19-6-9-21(32-2)10-7-19/h3-11,14-15H,12-13,16H2,1-2H3. The van der Waals surface area contributed by atoms with E-state index < -0.39 is 10.7 Å². The van der Waals surface area contributed by atoms with Gasteiger partial charge in [0.15, 0.2) is 4.87 Å². The Morgan fingerprint density at radius 1 is 1.12 bits per heavy atom. The maximum atomic E-state index is 14.4. The summed E-state index contributed by atoms with van der Waals surface area (Å²) < 4.78 is 19.6. The molecule has 1 fully saturated rings. The van der Waals surface area contributed by atoms with E-state index in [1.165, 1.54) is 23.9 Å². The Labute approximate surface area is 196 Å². The van der Waals surface area contributed by atoms with Gasteiger partial charge < -0.3 is 14.5 Å². The number of carbonyl (C=O) groups is 2. The molecule has 1 unspecified atom stereocenters. The van der Waals surface area contributed by atoms with Gasteiger partial charge in [0.05, 0.1) is 19.3 Å². The van der Waals surface area contributed by atoms with Gasteiger partial charge in [-0.2, -0.15) is 0 Å². The topological polar surface area (TPSA) is 49.9 Å². The lowest BCUT2D eigenvalue weighted by Gasteiger charge is -2.33. The minimum absolute atomic E-state index is 0.214. The number of benzene rings is 3. The summed E-state index contributed by atoms with van der Waals surface area (Å²) in [6.07, 6.45) is 0. The zero-order chi connectivity index (χ0) is 23.2. The van der Waals surface area contributed by atoms with Crippen LogP contribution in [0.15, 0.2) is 66.7 Å². The van der Waals surface area contributed by atoms with Gasteiger partial charge >= 0.3 is 0 Å². The lowest BCUT2D eigenvalue weighted by Crippen LogP contribution is -2.50. The van der Waals surface area contributed by atoms with E-state index in [1.54, 1.807) is 47.2 Å². The molecule has 33 heavy (non-hydrogen) atoms. The summed E-state index contributed by atoms with van der Waals surface area (Å²) in [6, 6.07) is 19.2. The number of thioether (sulfide) groups is 1. The smallest absolute Gasteiger partial charge is 0.268 e. The van der Waals surface area contributed by atoms with Crippen LogP contribution in [0, 0.1) is 12.7 Å². The number of aryl methyl sites for hydroxylation is 1. The van der Waals surface area contributed by atoms with Crippen LogP contribution in [-0.4, -0.2) is 36.1 Å². The van der Waals surface area contributed by atoms with Crippen LogP contribution >= 0.6 is 11.8 Å². The van der Waals surface area contributed by atoms with Gasteiger partial charge in [-0.25, -0.2) is 4.39 Å². The minimum Gasteiger partial charge on any atom is -0.497 e. The van der Waals surface area contributed by atoms with Gasteiger partial charge in [0, 0.05) is 23.4 Å². The fourth-order valence-corrected chi connectivity index (χ4v) is 6.08. The Morgan fingerprint density at radius 3 is 2.64 bits per heavy atom. The molecule has 0 saturated carbocycles. The number of anilines is 1. The van der Waals surface area contributed by atoms with Gasteiger partial charge in [-0.15, -0.1) is 11.8 Å². The molecular formula is C26H23FN2O3S. The van der Waals surface area contributed by atoms with Crippen molar-refractivity contribution in [1.82, 2.24) is 4.90 Å². The number of rotatable bonds is 4. The molecule has 5 rings (SSSR count). The van der Waals surface area contributed by atoms with Crippen LogP contribution in [0.25, 0.3) is 0 Å². The molecule has 5 nitrogen and oxygen atoms in total. The van der Waals surface area contributed by atoms with Crippen molar-refractivity contribution in [2.24, 2.45) is 0 Å². The second kappa shape index (κ2) is 8.23. The number of carbonyl (C=O) groups excluding carboxylic acids is 2. The third-order valence-electron chi connectivity index (χ3n) is 6.16. The van der Waals surface area contributed by atoms with Gasteiger partial charge in [0.25, 0.3) is 11.8 Å². The third-order valence-corrected chi connectivity index (χ3v) is 7.58. The maximum Gasteiger partial charge on any atom is 0.268 e. The summed E-state index contributed by atoms with van der Waals surface area (Å²) in [4.78, 5) is 29.6. The van der Waals surface area contributed by atoms with Crippen LogP contribution < -0.4 is 9.64 Å². The van der Waals surface area contributed by atoms with Crippen LogP contribution in [0.1, 0.15) is 27.0 Å². The molecule has 168 valence electrons. The van der Waals surface area contributed by atoms with Crippen molar-refractivity contribution in [2.45, 2.75) is 18.3 Å². The quantitative estimate of drug-likeness (QED) is 0.563. The Balaban J connectivity index is 1.57. The molecule has 3 aromatic carbocycles. The summed E-state index contributed by atoms with van der Waals surface area (Å²) in [6.45, 7) is 2.75. The van der Waals surface area contributed by atoms with Crippen LogP contribution in [0.5, 0.6) is 5.75 Å². The second-order valence-corrected chi connectivity index (χ2v) is 9.51. The average molecular weight is 463 g/mol. The zero-order valence-corrected chi connectivity index (χ0v) is 19.2. The van der Waals surface area contributed by atoms with Crippen LogP contribution in [0.4, 0.5) is 10.1 Å². The molecule has 0 N–H and O–H groups in total. The van der Waals surface area contributed by atoms with Crippen LogP contribution in [-0.2, 0) is 16.2 Å². The first kappa shape index (κ1) is 21.5. The monoisotopic (exact) mass is 462 g/mol.